The largest absolute Gasteiger partial charge is 3.00 e. The van der Waals surface area contributed by atoms with Crippen LogP contribution < -0.4 is 0 Å². The topological polar surface area (TPSA) is 0 Å². The molecule has 0 aromatic rings. The van der Waals surface area contributed by atoms with Crippen molar-refractivity contribution in [2.24, 2.45) is 0 Å². The van der Waals surface area contributed by atoms with Crippen molar-refractivity contribution in [3.8, 4) is 0 Å². The molecule has 0 aliphatic heterocycles. The third kappa shape index (κ3) is 87.7. The molecule has 0 heterocycles. The molecule has 0 nitrogen and oxygen atoms in total. The molecule has 0 atom stereocenters. The number of hydrogen-bond acceptors (Lipinski definition) is 0. The van der Waals surface area contributed by atoms with Gasteiger partial charge in [-0.1, -0.05) is 0 Å². The minimum Gasteiger partial charge on any atom is -0.358 e. The molecule has 0 aliphatic rings. The van der Waals surface area contributed by atoms with Gasteiger partial charge in [-0.2, -0.15) is 0 Å². The van der Waals surface area contributed by atoms with E-state index in [4.69, 9.17) is 0 Å². The van der Waals surface area contributed by atoms with E-state index >= 15 is 0 Å². The van der Waals surface area contributed by atoms with Crippen molar-refractivity contribution in [2.75, 3.05) is 0 Å². The van der Waals surface area contributed by atoms with Gasteiger partial charge < -0.3 is 22.3 Å². The van der Waals surface area contributed by atoms with Crippen LogP contribution in [0.5, 0.6) is 0 Å². The van der Waals surface area contributed by atoms with Crippen molar-refractivity contribution in [1.82, 2.24) is 0 Å². The van der Waals surface area contributed by atoms with E-state index in [1.54, 1.807) is 0 Å². The van der Waals surface area contributed by atoms with E-state index in [1.807, 2.05) is 0 Å². The smallest absolute Gasteiger partial charge is 0.358 e. The molecule has 14 heavy (non-hydrogen) atoms. The summed E-state index contributed by atoms with van der Waals surface area (Å²) in [6, 6.07) is 0. The van der Waals surface area contributed by atoms with Gasteiger partial charge >= 0.3 is 32.7 Å². The minimum absolute atomic E-state index is 0. The predicted molar refractivity (Wildman–Crippen MR) is 19.2 cm³/mol. The summed E-state index contributed by atoms with van der Waals surface area (Å²) in [7, 11) is 0. The molecule has 0 N–H and O–H groups in total. The SMILES string of the molecule is [CH3-].[CH3-].[CH3-].[Y+3].[Y].[Y].[Y].[Y].[Y].[Y].[Y].[Y].[Y].[Y]. The summed E-state index contributed by atoms with van der Waals surface area (Å²) < 4.78 is 0. The van der Waals surface area contributed by atoms with Crippen molar-refractivity contribution in [3.63, 3.8) is 0 Å². The first kappa shape index (κ1) is 112. The monoisotopic (exact) mass is 1020 g/mol. The second-order valence-electron chi connectivity index (χ2n) is 0. The number of rotatable bonds is 0. The zero-order valence-electron chi connectivity index (χ0n) is 9.35. The molecule has 0 spiro atoms. The third-order valence-corrected chi connectivity index (χ3v) is 0. The van der Waals surface area contributed by atoms with Crippen molar-refractivity contribution in [2.45, 2.75) is 0 Å². The molecular weight excluding hydrogens is 1010 g/mol. The van der Waals surface area contributed by atoms with E-state index in [0.717, 1.165) is 0 Å². The molecule has 11 heteroatoms. The van der Waals surface area contributed by atoms with Gasteiger partial charge in [-0.15, -0.1) is 0 Å². The molecule has 0 aromatic carbocycles. The third-order valence-electron chi connectivity index (χ3n) is 0. The summed E-state index contributed by atoms with van der Waals surface area (Å²) >= 11 is 0. The molecule has 0 saturated carbocycles. The van der Waals surface area contributed by atoms with Crippen LogP contribution in [0.2, 0.25) is 0 Å². The molecule has 0 saturated heterocycles. The minimum atomic E-state index is 0. The summed E-state index contributed by atoms with van der Waals surface area (Å²) in [6.45, 7) is 0. The maximum absolute atomic E-state index is 0. The molecule has 0 rings (SSSR count). The molecule has 54 valence electrons. The van der Waals surface area contributed by atoms with Crippen LogP contribution in [-0.4, -0.2) is 0 Å². The second kappa shape index (κ2) is 99.4. The van der Waals surface area contributed by atoms with Crippen LogP contribution in [0.4, 0.5) is 0 Å². The fraction of sp³-hybridized carbons (Fsp3) is 0. The van der Waals surface area contributed by atoms with Crippen molar-refractivity contribution >= 4 is 0 Å². The normalized spacial score (nSPS) is 0. The average Bonchev–Trinajstić information content (AvgIpc) is 0. The quantitative estimate of drug-likeness (QED) is 0.322. The van der Waals surface area contributed by atoms with Gasteiger partial charge in [0.05, 0.1) is 0 Å². The first-order chi connectivity index (χ1) is 0. The van der Waals surface area contributed by atoms with Crippen molar-refractivity contribution in [1.29, 1.82) is 0 Å². The van der Waals surface area contributed by atoms with Crippen molar-refractivity contribution < 1.29 is 360 Å². The van der Waals surface area contributed by atoms with E-state index in [0.29, 0.717) is 0 Å². The Labute approximate surface area is 369 Å². The van der Waals surface area contributed by atoms with E-state index in [-0.39, 0.29) is 382 Å². The van der Waals surface area contributed by atoms with Crippen LogP contribution in [0.3, 0.4) is 0 Å². The van der Waals surface area contributed by atoms with Gasteiger partial charge in [-0.3, -0.25) is 0 Å². The molecule has 0 aliphatic carbocycles. The second-order valence-corrected chi connectivity index (χ2v) is 0. The van der Waals surface area contributed by atoms with Crippen LogP contribution in [0, 0.1) is 22.3 Å². The average molecular weight is 1020 g/mol. The Hall–Kier alpha value is 12.1. The van der Waals surface area contributed by atoms with Gasteiger partial charge in [0.1, 0.15) is 0 Å². The zero-order valence-corrected chi connectivity index (χ0v) is 40.6. The summed E-state index contributed by atoms with van der Waals surface area (Å²) in [5, 5.41) is 0. The van der Waals surface area contributed by atoms with Gasteiger partial charge in [-0.05, 0) is 0 Å². The van der Waals surface area contributed by atoms with Gasteiger partial charge in [0.2, 0.25) is 0 Å². The summed E-state index contributed by atoms with van der Waals surface area (Å²) in [4.78, 5) is 0. The summed E-state index contributed by atoms with van der Waals surface area (Å²) in [6.07, 6.45) is 0. The van der Waals surface area contributed by atoms with Gasteiger partial charge in [0.25, 0.3) is 0 Å². The Morgan fingerprint density at radius 3 is 0.214 bits per heavy atom. The van der Waals surface area contributed by atoms with Gasteiger partial charge in [0.15, 0.2) is 0 Å². The van der Waals surface area contributed by atoms with E-state index in [9.17, 15) is 0 Å². The molecule has 10 radical (unpaired) electrons. The first-order valence-corrected chi connectivity index (χ1v) is 0. The van der Waals surface area contributed by atoms with Gasteiger partial charge in [-0.25, -0.2) is 0 Å². The predicted octanol–water partition coefficient (Wildman–Crippen LogP) is 1.32. The maximum Gasteiger partial charge on any atom is 3.00 e. The summed E-state index contributed by atoms with van der Waals surface area (Å²) in [5.74, 6) is 0. The van der Waals surface area contributed by atoms with Crippen molar-refractivity contribution in [3.05, 3.63) is 22.3 Å². The van der Waals surface area contributed by atoms with Crippen LogP contribution >= 0.6 is 0 Å². The Bertz CT molecular complexity index is 10.5. The van der Waals surface area contributed by atoms with E-state index in [2.05, 4.69) is 0 Å². The fourth-order valence-corrected chi connectivity index (χ4v) is 0. The van der Waals surface area contributed by atoms with Gasteiger partial charge in [0, 0.05) is 327 Å². The van der Waals surface area contributed by atoms with Crippen LogP contribution in [0.25, 0.3) is 0 Å². The van der Waals surface area contributed by atoms with E-state index < -0.39 is 0 Å². The Balaban J connectivity index is 0. The van der Waals surface area contributed by atoms with Crippen LogP contribution in [0.1, 0.15) is 0 Å². The molecule has 0 fully saturated rings. The Morgan fingerprint density at radius 2 is 0.214 bits per heavy atom. The molecular formula is C3H9Y11. The fourth-order valence-electron chi connectivity index (χ4n) is 0. The Kier molecular flexibility index (Phi) is 796. The molecule has 0 aromatic heterocycles. The number of hydrogen-bond donors (Lipinski definition) is 0. The van der Waals surface area contributed by atoms with Crippen LogP contribution in [-0.2, 0) is 360 Å². The molecule has 0 unspecified atom stereocenters. The standard InChI is InChI=1S/3CH3.11Y/h3*1H3;;;;;;;;;;;/q3*-1;;;;;;;;;;;+3. The van der Waals surface area contributed by atoms with Crippen LogP contribution in [0.15, 0.2) is 0 Å². The maximum atomic E-state index is 0. The first-order valence-electron chi connectivity index (χ1n) is 0. The summed E-state index contributed by atoms with van der Waals surface area (Å²) in [5.41, 5.74) is 0. The molecule has 0 bridgehead atoms. The Morgan fingerprint density at radius 1 is 0.214 bits per heavy atom. The van der Waals surface area contributed by atoms with E-state index in [1.165, 1.54) is 0 Å². The molecule has 0 amide bonds. The zero-order chi connectivity index (χ0) is 0.